The predicted molar refractivity (Wildman–Crippen MR) is 64.7 cm³/mol. The summed E-state index contributed by atoms with van der Waals surface area (Å²) in [6.45, 7) is 2.42. The number of rotatable bonds is 3. The fraction of sp³-hybridized carbons (Fsp3) is 0.538. The summed E-state index contributed by atoms with van der Waals surface area (Å²) in [5.74, 6) is 0.554. The maximum absolute atomic E-state index is 12.1. The number of ether oxygens (including phenoxy) is 1. The number of hydrogen-bond donors (Lipinski definition) is 0. The lowest BCUT2D eigenvalue weighted by atomic mass is 10.00. The fourth-order valence-electron chi connectivity index (χ4n) is 2.08. The third kappa shape index (κ3) is 3.27. The third-order valence-electron chi connectivity index (χ3n) is 3.10. The van der Waals surface area contributed by atoms with Crippen LogP contribution in [-0.2, 0) is 4.74 Å². The second-order valence-corrected chi connectivity index (χ2v) is 4.46. The van der Waals surface area contributed by atoms with Crippen molar-refractivity contribution in [2.45, 2.75) is 12.8 Å². The summed E-state index contributed by atoms with van der Waals surface area (Å²) < 4.78 is 5.31. The monoisotopic (exact) mass is 234 g/mol. The fourth-order valence-corrected chi connectivity index (χ4v) is 2.08. The minimum absolute atomic E-state index is 0.00269. The Bertz CT molecular complexity index is 361. The van der Waals surface area contributed by atoms with E-state index < -0.39 is 0 Å². The van der Waals surface area contributed by atoms with E-state index in [-0.39, 0.29) is 5.91 Å². The summed E-state index contributed by atoms with van der Waals surface area (Å²) in [4.78, 5) is 17.9. The van der Waals surface area contributed by atoms with E-state index in [2.05, 4.69) is 4.98 Å². The molecular weight excluding hydrogens is 216 g/mol. The van der Waals surface area contributed by atoms with Crippen molar-refractivity contribution in [3.8, 4) is 0 Å². The van der Waals surface area contributed by atoms with E-state index in [9.17, 15) is 4.79 Å². The van der Waals surface area contributed by atoms with E-state index in [0.717, 1.165) is 32.6 Å². The first-order valence-electron chi connectivity index (χ1n) is 6.01. The summed E-state index contributed by atoms with van der Waals surface area (Å²) in [5.41, 5.74) is 0.516. The second kappa shape index (κ2) is 5.77. The molecule has 0 bridgehead atoms. The first-order chi connectivity index (χ1) is 8.27. The molecule has 1 amide bonds. The Morgan fingerprint density at radius 1 is 1.47 bits per heavy atom. The van der Waals surface area contributed by atoms with Gasteiger partial charge in [-0.3, -0.25) is 9.78 Å². The quantitative estimate of drug-likeness (QED) is 0.797. The summed E-state index contributed by atoms with van der Waals surface area (Å²) >= 11 is 0. The standard InChI is InChI=1S/C13H18N2O2/c1-15(10-11-5-8-17-9-6-11)13(16)12-4-2-3-7-14-12/h2-4,7,11H,5-6,8-10H2,1H3. The van der Waals surface area contributed by atoms with Crippen LogP contribution in [0.15, 0.2) is 24.4 Å². The molecule has 0 atom stereocenters. The van der Waals surface area contributed by atoms with Gasteiger partial charge >= 0.3 is 0 Å². The van der Waals surface area contributed by atoms with Crippen LogP contribution in [0.5, 0.6) is 0 Å². The molecule has 2 heterocycles. The van der Waals surface area contributed by atoms with Crippen molar-refractivity contribution >= 4 is 5.91 Å². The molecule has 0 saturated carbocycles. The van der Waals surface area contributed by atoms with Gasteiger partial charge in [-0.25, -0.2) is 0 Å². The summed E-state index contributed by atoms with van der Waals surface area (Å²) in [5, 5.41) is 0. The van der Waals surface area contributed by atoms with Crippen LogP contribution in [0, 0.1) is 5.92 Å². The topological polar surface area (TPSA) is 42.4 Å². The van der Waals surface area contributed by atoms with Gasteiger partial charge < -0.3 is 9.64 Å². The SMILES string of the molecule is CN(CC1CCOCC1)C(=O)c1ccccn1. The molecule has 2 rings (SSSR count). The van der Waals surface area contributed by atoms with E-state index in [1.807, 2.05) is 19.2 Å². The molecule has 0 N–H and O–H groups in total. The van der Waals surface area contributed by atoms with Gasteiger partial charge in [0.05, 0.1) is 0 Å². The second-order valence-electron chi connectivity index (χ2n) is 4.46. The van der Waals surface area contributed by atoms with E-state index in [4.69, 9.17) is 4.74 Å². The first-order valence-corrected chi connectivity index (χ1v) is 6.01. The highest BCUT2D eigenvalue weighted by molar-refractivity contribution is 5.92. The van der Waals surface area contributed by atoms with Crippen LogP contribution in [0.1, 0.15) is 23.3 Å². The van der Waals surface area contributed by atoms with E-state index in [1.54, 1.807) is 17.2 Å². The molecule has 1 saturated heterocycles. The number of amides is 1. The van der Waals surface area contributed by atoms with Crippen LogP contribution in [0.3, 0.4) is 0 Å². The molecule has 1 aliphatic rings. The molecule has 0 radical (unpaired) electrons. The summed E-state index contributed by atoms with van der Waals surface area (Å²) in [7, 11) is 1.84. The number of carbonyl (C=O) groups excluding carboxylic acids is 1. The van der Waals surface area contributed by atoms with Crippen LogP contribution < -0.4 is 0 Å². The minimum Gasteiger partial charge on any atom is -0.381 e. The average Bonchev–Trinajstić information content (AvgIpc) is 2.40. The Hall–Kier alpha value is -1.42. The molecule has 0 unspecified atom stereocenters. The lowest BCUT2D eigenvalue weighted by Crippen LogP contribution is -2.34. The van der Waals surface area contributed by atoms with Crippen molar-refractivity contribution in [3.63, 3.8) is 0 Å². The van der Waals surface area contributed by atoms with Gasteiger partial charge in [-0.1, -0.05) is 6.07 Å². The highest BCUT2D eigenvalue weighted by Gasteiger charge is 2.19. The van der Waals surface area contributed by atoms with Gasteiger partial charge in [0.2, 0.25) is 0 Å². The molecule has 17 heavy (non-hydrogen) atoms. The van der Waals surface area contributed by atoms with Crippen molar-refractivity contribution in [2.24, 2.45) is 5.92 Å². The molecule has 4 nitrogen and oxygen atoms in total. The maximum atomic E-state index is 12.1. The van der Waals surface area contributed by atoms with Crippen LogP contribution in [0.4, 0.5) is 0 Å². The van der Waals surface area contributed by atoms with Crippen LogP contribution in [0.25, 0.3) is 0 Å². The zero-order chi connectivity index (χ0) is 12.1. The van der Waals surface area contributed by atoms with Crippen molar-refractivity contribution in [3.05, 3.63) is 30.1 Å². The van der Waals surface area contributed by atoms with Gasteiger partial charge in [0, 0.05) is 33.0 Å². The zero-order valence-corrected chi connectivity index (χ0v) is 10.1. The molecular formula is C13H18N2O2. The number of hydrogen-bond acceptors (Lipinski definition) is 3. The van der Waals surface area contributed by atoms with E-state index in [1.165, 1.54) is 0 Å². The largest absolute Gasteiger partial charge is 0.381 e. The maximum Gasteiger partial charge on any atom is 0.272 e. The Labute approximate surface area is 102 Å². The number of aromatic nitrogens is 1. The molecule has 1 fully saturated rings. The number of nitrogens with zero attached hydrogens (tertiary/aromatic N) is 2. The summed E-state index contributed by atoms with van der Waals surface area (Å²) in [6.07, 6.45) is 3.73. The Kier molecular flexibility index (Phi) is 4.09. The van der Waals surface area contributed by atoms with Gasteiger partial charge in [-0.05, 0) is 30.9 Å². The molecule has 0 aliphatic carbocycles. The van der Waals surface area contributed by atoms with Gasteiger partial charge in [-0.2, -0.15) is 0 Å². The molecule has 1 aromatic heterocycles. The highest BCUT2D eigenvalue weighted by atomic mass is 16.5. The van der Waals surface area contributed by atoms with Gasteiger partial charge in [0.1, 0.15) is 5.69 Å². The summed E-state index contributed by atoms with van der Waals surface area (Å²) in [6, 6.07) is 5.40. The van der Waals surface area contributed by atoms with Gasteiger partial charge in [0.15, 0.2) is 0 Å². The van der Waals surface area contributed by atoms with Crippen LogP contribution in [0.2, 0.25) is 0 Å². The van der Waals surface area contributed by atoms with Crippen LogP contribution in [-0.4, -0.2) is 42.6 Å². The molecule has 92 valence electrons. The normalized spacial score (nSPS) is 16.8. The predicted octanol–water partition coefficient (Wildman–Crippen LogP) is 1.58. The molecule has 4 heteroatoms. The Balaban J connectivity index is 1.91. The van der Waals surface area contributed by atoms with Crippen molar-refractivity contribution in [1.29, 1.82) is 0 Å². The Morgan fingerprint density at radius 3 is 2.88 bits per heavy atom. The highest BCUT2D eigenvalue weighted by Crippen LogP contribution is 2.16. The molecule has 0 spiro atoms. The molecule has 1 aliphatic heterocycles. The average molecular weight is 234 g/mol. The zero-order valence-electron chi connectivity index (χ0n) is 10.1. The minimum atomic E-state index is -0.00269. The van der Waals surface area contributed by atoms with Crippen molar-refractivity contribution in [1.82, 2.24) is 9.88 Å². The third-order valence-corrected chi connectivity index (χ3v) is 3.10. The molecule has 0 aromatic carbocycles. The number of carbonyl (C=O) groups is 1. The van der Waals surface area contributed by atoms with Gasteiger partial charge in [-0.15, -0.1) is 0 Å². The van der Waals surface area contributed by atoms with Crippen molar-refractivity contribution < 1.29 is 9.53 Å². The van der Waals surface area contributed by atoms with Gasteiger partial charge in [0.25, 0.3) is 5.91 Å². The lowest BCUT2D eigenvalue weighted by molar-refractivity contribution is 0.0495. The Morgan fingerprint density at radius 2 is 2.24 bits per heavy atom. The first kappa shape index (κ1) is 12.0. The van der Waals surface area contributed by atoms with E-state index >= 15 is 0 Å². The smallest absolute Gasteiger partial charge is 0.272 e. The lowest BCUT2D eigenvalue weighted by Gasteiger charge is -2.26. The number of pyridine rings is 1. The molecule has 1 aromatic rings. The van der Waals surface area contributed by atoms with Crippen LogP contribution >= 0.6 is 0 Å². The van der Waals surface area contributed by atoms with Crippen molar-refractivity contribution in [2.75, 3.05) is 26.8 Å². The van der Waals surface area contributed by atoms with E-state index in [0.29, 0.717) is 11.6 Å².